The predicted molar refractivity (Wildman–Crippen MR) is 112 cm³/mol. The van der Waals surface area contributed by atoms with Gasteiger partial charge >= 0.3 is 0 Å². The topological polar surface area (TPSA) is 66.5 Å². The predicted octanol–water partition coefficient (Wildman–Crippen LogP) is 4.76. The van der Waals surface area contributed by atoms with Gasteiger partial charge in [0.15, 0.2) is 0 Å². The molecule has 0 aliphatic rings. The first kappa shape index (κ1) is 21.7. The second-order valence-electron chi connectivity index (χ2n) is 6.48. The molecule has 0 saturated carbocycles. The maximum absolute atomic E-state index is 13.3. The van der Waals surface area contributed by atoms with Crippen LogP contribution in [0.5, 0.6) is 0 Å². The Morgan fingerprint density at radius 1 is 1.00 bits per heavy atom. The van der Waals surface area contributed by atoms with E-state index in [2.05, 4.69) is 5.32 Å². The molecule has 9 heteroatoms. The molecule has 3 rings (SSSR count). The number of sulfonamides is 1. The zero-order valence-corrected chi connectivity index (χ0v) is 17.3. The van der Waals surface area contributed by atoms with Crippen molar-refractivity contribution in [2.75, 3.05) is 16.2 Å². The molecule has 0 unspecified atom stereocenters. The first-order valence-electron chi connectivity index (χ1n) is 8.77. The van der Waals surface area contributed by atoms with Crippen LogP contribution in [0.2, 0.25) is 5.02 Å². The van der Waals surface area contributed by atoms with E-state index in [0.717, 1.165) is 40.2 Å². The molecule has 0 fully saturated rings. The van der Waals surface area contributed by atoms with Crippen LogP contribution in [0, 0.1) is 18.6 Å². The number of amides is 1. The minimum absolute atomic E-state index is 0.165. The Hall–Kier alpha value is -2.97. The van der Waals surface area contributed by atoms with Crippen LogP contribution in [-0.4, -0.2) is 20.9 Å². The molecule has 0 spiro atoms. The molecule has 1 amide bonds. The van der Waals surface area contributed by atoms with Crippen molar-refractivity contribution >= 4 is 38.9 Å². The van der Waals surface area contributed by atoms with Gasteiger partial charge in [-0.3, -0.25) is 9.10 Å². The number of hydrogen-bond donors (Lipinski definition) is 1. The molecule has 0 aliphatic heterocycles. The number of halogens is 3. The lowest BCUT2D eigenvalue weighted by molar-refractivity contribution is -0.114. The van der Waals surface area contributed by atoms with Gasteiger partial charge in [-0.15, -0.1) is 0 Å². The number of carbonyl (C=O) groups excluding carboxylic acids is 1. The fourth-order valence-corrected chi connectivity index (χ4v) is 4.27. The number of hydrogen-bond acceptors (Lipinski definition) is 3. The van der Waals surface area contributed by atoms with Gasteiger partial charge in [0.1, 0.15) is 18.2 Å². The Balaban J connectivity index is 1.93. The van der Waals surface area contributed by atoms with Gasteiger partial charge in [-0.1, -0.05) is 29.3 Å². The Kier molecular flexibility index (Phi) is 6.38. The standard InChI is InChI=1S/C21H17ClF2N2O3S/c1-14-2-7-17(8-3-14)26(30(28,29)18-9-4-15(23)5-10-18)13-21(27)25-16-6-11-20(24)19(22)12-16/h2-12H,13H2,1H3,(H,25,27). The maximum Gasteiger partial charge on any atom is 0.264 e. The summed E-state index contributed by atoms with van der Waals surface area (Å²) in [4.78, 5) is 12.4. The molecule has 0 bridgehead atoms. The fourth-order valence-electron chi connectivity index (χ4n) is 2.66. The number of benzene rings is 3. The number of nitrogens with zero attached hydrogens (tertiary/aromatic N) is 1. The molecule has 3 aromatic carbocycles. The van der Waals surface area contributed by atoms with Crippen molar-refractivity contribution in [1.29, 1.82) is 0 Å². The van der Waals surface area contributed by atoms with Crippen LogP contribution in [0.4, 0.5) is 20.2 Å². The van der Waals surface area contributed by atoms with Gasteiger partial charge in [-0.2, -0.15) is 0 Å². The third-order valence-electron chi connectivity index (χ3n) is 4.21. The minimum atomic E-state index is -4.17. The molecule has 0 aliphatic carbocycles. The molecule has 0 aromatic heterocycles. The van der Waals surface area contributed by atoms with Crippen molar-refractivity contribution in [2.45, 2.75) is 11.8 Å². The van der Waals surface area contributed by atoms with E-state index in [4.69, 9.17) is 11.6 Å². The van der Waals surface area contributed by atoms with Crippen LogP contribution >= 0.6 is 11.6 Å². The molecular weight excluding hydrogens is 434 g/mol. The van der Waals surface area contributed by atoms with Gasteiger partial charge in [0.2, 0.25) is 5.91 Å². The smallest absolute Gasteiger partial charge is 0.264 e. The van der Waals surface area contributed by atoms with E-state index < -0.39 is 34.1 Å². The van der Waals surface area contributed by atoms with E-state index >= 15 is 0 Å². The average molecular weight is 451 g/mol. The van der Waals surface area contributed by atoms with Crippen LogP contribution in [0.25, 0.3) is 0 Å². The van der Waals surface area contributed by atoms with E-state index in [1.807, 2.05) is 6.92 Å². The first-order chi connectivity index (χ1) is 14.2. The lowest BCUT2D eigenvalue weighted by Gasteiger charge is -2.24. The van der Waals surface area contributed by atoms with E-state index in [1.54, 1.807) is 24.3 Å². The second-order valence-corrected chi connectivity index (χ2v) is 8.75. The van der Waals surface area contributed by atoms with E-state index in [-0.39, 0.29) is 21.3 Å². The maximum atomic E-state index is 13.3. The van der Waals surface area contributed by atoms with Crippen molar-refractivity contribution in [3.63, 3.8) is 0 Å². The first-order valence-corrected chi connectivity index (χ1v) is 10.6. The van der Waals surface area contributed by atoms with E-state index in [9.17, 15) is 22.0 Å². The summed E-state index contributed by atoms with van der Waals surface area (Å²) >= 11 is 5.72. The summed E-state index contributed by atoms with van der Waals surface area (Å²) in [5.41, 5.74) is 1.38. The van der Waals surface area contributed by atoms with Crippen LogP contribution in [0.15, 0.2) is 71.6 Å². The van der Waals surface area contributed by atoms with E-state index in [0.29, 0.717) is 0 Å². The van der Waals surface area contributed by atoms with Gasteiger partial charge in [0, 0.05) is 5.69 Å². The summed E-state index contributed by atoms with van der Waals surface area (Å²) in [5.74, 6) is -1.89. The summed E-state index contributed by atoms with van der Waals surface area (Å²) in [7, 11) is -4.17. The molecule has 156 valence electrons. The highest BCUT2D eigenvalue weighted by atomic mass is 35.5. The highest BCUT2D eigenvalue weighted by Crippen LogP contribution is 2.25. The number of carbonyl (C=O) groups is 1. The number of anilines is 2. The third kappa shape index (κ3) is 4.95. The van der Waals surface area contributed by atoms with Crippen molar-refractivity contribution in [3.05, 3.63) is 89.0 Å². The largest absolute Gasteiger partial charge is 0.324 e. The Morgan fingerprint density at radius 3 is 2.23 bits per heavy atom. The average Bonchev–Trinajstić information content (AvgIpc) is 2.70. The summed E-state index contributed by atoms with van der Waals surface area (Å²) < 4.78 is 53.8. The van der Waals surface area contributed by atoms with Crippen LogP contribution in [0.1, 0.15) is 5.56 Å². The molecule has 1 N–H and O–H groups in total. The molecule has 0 atom stereocenters. The lowest BCUT2D eigenvalue weighted by Crippen LogP contribution is -2.38. The number of nitrogens with one attached hydrogen (secondary N) is 1. The lowest BCUT2D eigenvalue weighted by atomic mass is 10.2. The van der Waals surface area contributed by atoms with Crippen LogP contribution < -0.4 is 9.62 Å². The quantitative estimate of drug-likeness (QED) is 0.588. The normalized spacial score (nSPS) is 11.2. The second kappa shape index (κ2) is 8.81. The van der Waals surface area contributed by atoms with Crippen molar-refractivity contribution in [2.24, 2.45) is 0 Å². The van der Waals surface area contributed by atoms with Gasteiger partial charge < -0.3 is 5.32 Å². The highest BCUT2D eigenvalue weighted by molar-refractivity contribution is 7.92. The molecule has 5 nitrogen and oxygen atoms in total. The van der Waals surface area contributed by atoms with Crippen LogP contribution in [-0.2, 0) is 14.8 Å². The third-order valence-corrected chi connectivity index (χ3v) is 6.29. The SMILES string of the molecule is Cc1ccc(N(CC(=O)Nc2ccc(F)c(Cl)c2)S(=O)(=O)c2ccc(F)cc2)cc1. The molecule has 30 heavy (non-hydrogen) atoms. The van der Waals surface area contributed by atoms with Gasteiger partial charge in [0.25, 0.3) is 10.0 Å². The Morgan fingerprint density at radius 2 is 1.63 bits per heavy atom. The molecular formula is C21H17ClF2N2O3S. The summed E-state index contributed by atoms with van der Waals surface area (Å²) in [6, 6.07) is 14.5. The molecule has 0 heterocycles. The Bertz CT molecular complexity index is 1170. The van der Waals surface area contributed by atoms with E-state index in [1.165, 1.54) is 12.1 Å². The fraction of sp³-hybridized carbons (Fsp3) is 0.0952. The number of aryl methyl sites for hydroxylation is 1. The molecule has 0 saturated heterocycles. The minimum Gasteiger partial charge on any atom is -0.324 e. The van der Waals surface area contributed by atoms with Crippen molar-refractivity contribution < 1.29 is 22.0 Å². The zero-order chi connectivity index (χ0) is 21.9. The monoisotopic (exact) mass is 450 g/mol. The summed E-state index contributed by atoms with van der Waals surface area (Å²) in [6.45, 7) is 1.28. The summed E-state index contributed by atoms with van der Waals surface area (Å²) in [6.07, 6.45) is 0. The Labute approximate surface area is 178 Å². The summed E-state index contributed by atoms with van der Waals surface area (Å²) in [5, 5.41) is 2.32. The van der Waals surface area contributed by atoms with Crippen LogP contribution in [0.3, 0.4) is 0 Å². The highest BCUT2D eigenvalue weighted by Gasteiger charge is 2.27. The zero-order valence-electron chi connectivity index (χ0n) is 15.8. The molecule has 0 radical (unpaired) electrons. The molecule has 3 aromatic rings. The van der Waals surface area contributed by atoms with Gasteiger partial charge in [-0.25, -0.2) is 17.2 Å². The number of rotatable bonds is 6. The van der Waals surface area contributed by atoms with Crippen molar-refractivity contribution in [3.8, 4) is 0 Å². The van der Waals surface area contributed by atoms with Gasteiger partial charge in [0.05, 0.1) is 15.6 Å². The van der Waals surface area contributed by atoms with Crippen molar-refractivity contribution in [1.82, 2.24) is 0 Å². The van der Waals surface area contributed by atoms with Gasteiger partial charge in [-0.05, 0) is 61.5 Å².